The van der Waals surface area contributed by atoms with Gasteiger partial charge >= 0.3 is 0 Å². The summed E-state index contributed by atoms with van der Waals surface area (Å²) in [4.78, 5) is 22.1. The summed E-state index contributed by atoms with van der Waals surface area (Å²) in [6, 6.07) is 14.8. The quantitative estimate of drug-likeness (QED) is 0.522. The zero-order chi connectivity index (χ0) is 15.9. The van der Waals surface area contributed by atoms with E-state index in [0.717, 1.165) is 5.56 Å². The Morgan fingerprint density at radius 2 is 1.73 bits per heavy atom. The molecular formula is C16H15N3O3. The first-order valence-electron chi connectivity index (χ1n) is 6.78. The van der Waals surface area contributed by atoms with Crippen molar-refractivity contribution in [1.82, 2.24) is 5.43 Å². The number of hydrogen-bond acceptors (Lipinski definition) is 4. The van der Waals surface area contributed by atoms with Gasteiger partial charge in [-0.1, -0.05) is 25.1 Å². The maximum absolute atomic E-state index is 11.9. The summed E-state index contributed by atoms with van der Waals surface area (Å²) in [7, 11) is 0. The summed E-state index contributed by atoms with van der Waals surface area (Å²) < 4.78 is 0. The van der Waals surface area contributed by atoms with Gasteiger partial charge in [-0.2, -0.15) is 5.10 Å². The van der Waals surface area contributed by atoms with E-state index in [1.807, 2.05) is 13.0 Å². The predicted molar refractivity (Wildman–Crippen MR) is 83.8 cm³/mol. The van der Waals surface area contributed by atoms with Gasteiger partial charge in [0.15, 0.2) is 0 Å². The molecule has 0 radical (unpaired) electrons. The second-order valence-corrected chi connectivity index (χ2v) is 4.52. The highest BCUT2D eigenvalue weighted by molar-refractivity contribution is 6.02. The largest absolute Gasteiger partial charge is 0.271 e. The molecule has 0 aliphatic rings. The Labute approximate surface area is 127 Å². The number of non-ortho nitro benzene ring substituents is 1. The van der Waals surface area contributed by atoms with Gasteiger partial charge in [0, 0.05) is 17.7 Å². The molecule has 1 amide bonds. The lowest BCUT2D eigenvalue weighted by molar-refractivity contribution is -0.384. The fraction of sp³-hybridized carbons (Fsp3) is 0.125. The normalized spacial score (nSPS) is 11.0. The van der Waals surface area contributed by atoms with Crippen molar-refractivity contribution < 1.29 is 9.72 Å². The predicted octanol–water partition coefficient (Wildman–Crippen LogP) is 3.14. The molecule has 2 aromatic rings. The van der Waals surface area contributed by atoms with Crippen molar-refractivity contribution in [2.45, 2.75) is 13.3 Å². The highest BCUT2D eigenvalue weighted by atomic mass is 16.6. The third-order valence-corrected chi connectivity index (χ3v) is 3.07. The lowest BCUT2D eigenvalue weighted by Crippen LogP contribution is -2.19. The van der Waals surface area contributed by atoms with E-state index in [4.69, 9.17) is 0 Å². The number of hydrogen-bond donors (Lipinski definition) is 1. The molecule has 2 aromatic carbocycles. The topological polar surface area (TPSA) is 84.6 Å². The van der Waals surface area contributed by atoms with Gasteiger partial charge in [-0.15, -0.1) is 0 Å². The molecule has 0 unspecified atom stereocenters. The fourth-order valence-electron chi connectivity index (χ4n) is 1.90. The highest BCUT2D eigenvalue weighted by Crippen LogP contribution is 2.13. The number of nitrogens with one attached hydrogen (secondary N) is 1. The number of rotatable bonds is 5. The molecule has 0 aromatic heterocycles. The summed E-state index contributed by atoms with van der Waals surface area (Å²) >= 11 is 0. The molecular weight excluding hydrogens is 282 g/mol. The number of amides is 1. The minimum atomic E-state index is -0.455. The molecule has 112 valence electrons. The van der Waals surface area contributed by atoms with Crippen molar-refractivity contribution in [3.63, 3.8) is 0 Å². The van der Waals surface area contributed by atoms with Crippen LogP contribution >= 0.6 is 0 Å². The van der Waals surface area contributed by atoms with Gasteiger partial charge < -0.3 is 0 Å². The second kappa shape index (κ2) is 7.12. The van der Waals surface area contributed by atoms with E-state index < -0.39 is 4.92 Å². The average Bonchev–Trinajstić information content (AvgIpc) is 2.56. The van der Waals surface area contributed by atoms with E-state index in [-0.39, 0.29) is 11.6 Å². The third kappa shape index (κ3) is 3.76. The molecule has 0 atom stereocenters. The van der Waals surface area contributed by atoms with Gasteiger partial charge in [0.1, 0.15) is 0 Å². The molecule has 22 heavy (non-hydrogen) atoms. The Morgan fingerprint density at radius 3 is 2.27 bits per heavy atom. The van der Waals surface area contributed by atoms with E-state index in [1.54, 1.807) is 36.4 Å². The summed E-state index contributed by atoms with van der Waals surface area (Å²) in [5.74, 6) is -0.298. The van der Waals surface area contributed by atoms with Crippen molar-refractivity contribution >= 4 is 17.3 Å². The summed E-state index contributed by atoms with van der Waals surface area (Å²) in [6.45, 7) is 1.90. The summed E-state index contributed by atoms with van der Waals surface area (Å²) in [5, 5.41) is 14.8. The van der Waals surface area contributed by atoms with Crippen molar-refractivity contribution in [2.24, 2.45) is 5.10 Å². The molecule has 0 spiro atoms. The van der Waals surface area contributed by atoms with Crippen molar-refractivity contribution in [3.05, 3.63) is 75.8 Å². The van der Waals surface area contributed by atoms with Crippen LogP contribution in [0, 0.1) is 10.1 Å². The van der Waals surface area contributed by atoms with Gasteiger partial charge in [0.25, 0.3) is 11.6 Å². The van der Waals surface area contributed by atoms with Crippen molar-refractivity contribution in [3.8, 4) is 0 Å². The first-order chi connectivity index (χ1) is 10.6. The first-order valence-corrected chi connectivity index (χ1v) is 6.78. The Balaban J connectivity index is 2.13. The monoisotopic (exact) mass is 297 g/mol. The minimum absolute atomic E-state index is 0.0209. The average molecular weight is 297 g/mol. The van der Waals surface area contributed by atoms with Crippen LogP contribution in [0.3, 0.4) is 0 Å². The number of nitro groups is 1. The standard InChI is InChI=1S/C16H15N3O3/c1-2-15(12-8-10-14(11-9-12)19(21)22)17-18-16(20)13-6-4-3-5-7-13/h3-11H,2H2,1H3,(H,18,20)/b17-15+. The van der Waals surface area contributed by atoms with Crippen LogP contribution in [0.5, 0.6) is 0 Å². The maximum Gasteiger partial charge on any atom is 0.271 e. The number of nitrogens with zero attached hydrogens (tertiary/aromatic N) is 2. The molecule has 0 aliphatic heterocycles. The number of carbonyl (C=O) groups excluding carboxylic acids is 1. The molecule has 0 saturated carbocycles. The van der Waals surface area contributed by atoms with Gasteiger partial charge in [-0.05, 0) is 36.2 Å². The van der Waals surface area contributed by atoms with E-state index in [9.17, 15) is 14.9 Å². The van der Waals surface area contributed by atoms with Crippen LogP contribution in [0.25, 0.3) is 0 Å². The minimum Gasteiger partial charge on any atom is -0.267 e. The SMILES string of the molecule is CC/C(=N\NC(=O)c1ccccc1)c1ccc([N+](=O)[O-])cc1. The second-order valence-electron chi connectivity index (χ2n) is 4.52. The lowest BCUT2D eigenvalue weighted by Gasteiger charge is -2.05. The van der Waals surface area contributed by atoms with Crippen molar-refractivity contribution in [1.29, 1.82) is 0 Å². The van der Waals surface area contributed by atoms with Gasteiger partial charge in [0.2, 0.25) is 0 Å². The molecule has 0 aliphatic carbocycles. The van der Waals surface area contributed by atoms with Gasteiger partial charge in [-0.3, -0.25) is 14.9 Å². The molecule has 6 heteroatoms. The maximum atomic E-state index is 11.9. The Kier molecular flexibility index (Phi) is 4.98. The molecule has 1 N–H and O–H groups in total. The molecule has 0 saturated heterocycles. The first kappa shape index (κ1) is 15.4. The van der Waals surface area contributed by atoms with Gasteiger partial charge in [0.05, 0.1) is 10.6 Å². The summed E-state index contributed by atoms with van der Waals surface area (Å²) in [5.41, 5.74) is 4.43. The van der Waals surface area contributed by atoms with Crippen LogP contribution in [0.4, 0.5) is 5.69 Å². The van der Waals surface area contributed by atoms with Gasteiger partial charge in [-0.25, -0.2) is 5.43 Å². The van der Waals surface area contributed by atoms with Crippen LogP contribution in [0.15, 0.2) is 59.7 Å². The van der Waals surface area contributed by atoms with E-state index in [0.29, 0.717) is 17.7 Å². The number of nitro benzene ring substituents is 1. The smallest absolute Gasteiger partial charge is 0.267 e. The van der Waals surface area contributed by atoms with Crippen LogP contribution < -0.4 is 5.43 Å². The zero-order valence-corrected chi connectivity index (χ0v) is 12.0. The van der Waals surface area contributed by atoms with E-state index in [2.05, 4.69) is 10.5 Å². The molecule has 0 fully saturated rings. The Bertz CT molecular complexity index is 694. The molecule has 0 bridgehead atoms. The zero-order valence-electron chi connectivity index (χ0n) is 12.0. The molecule has 0 heterocycles. The van der Waals surface area contributed by atoms with E-state index >= 15 is 0 Å². The van der Waals surface area contributed by atoms with Crippen LogP contribution in [-0.4, -0.2) is 16.5 Å². The summed E-state index contributed by atoms with van der Waals surface area (Å²) in [6.07, 6.45) is 0.590. The molecule has 6 nitrogen and oxygen atoms in total. The Hall–Kier alpha value is -3.02. The number of hydrazone groups is 1. The van der Waals surface area contributed by atoms with Crippen LogP contribution in [0.1, 0.15) is 29.3 Å². The fourth-order valence-corrected chi connectivity index (χ4v) is 1.90. The van der Waals surface area contributed by atoms with Crippen LogP contribution in [-0.2, 0) is 0 Å². The van der Waals surface area contributed by atoms with Crippen molar-refractivity contribution in [2.75, 3.05) is 0 Å². The third-order valence-electron chi connectivity index (χ3n) is 3.07. The number of carbonyl (C=O) groups is 1. The van der Waals surface area contributed by atoms with E-state index in [1.165, 1.54) is 12.1 Å². The highest BCUT2D eigenvalue weighted by Gasteiger charge is 2.08. The Morgan fingerprint density at radius 1 is 1.09 bits per heavy atom. The molecule has 2 rings (SSSR count). The lowest BCUT2D eigenvalue weighted by atomic mass is 10.1. The van der Waals surface area contributed by atoms with Crippen LogP contribution in [0.2, 0.25) is 0 Å². The number of benzene rings is 2.